The first kappa shape index (κ1) is 17.8. The quantitative estimate of drug-likeness (QED) is 0.554. The molecule has 0 aliphatic heterocycles. The average molecular weight is 374 g/mol. The van der Waals surface area contributed by atoms with E-state index in [0.29, 0.717) is 18.2 Å². The van der Waals surface area contributed by atoms with Crippen molar-refractivity contribution in [2.45, 2.75) is 26.5 Å². The molecule has 0 saturated carbocycles. The Kier molecular flexibility index (Phi) is 4.57. The second-order valence-electron chi connectivity index (χ2n) is 6.76. The molecule has 1 aromatic carbocycles. The van der Waals surface area contributed by atoms with Crippen LogP contribution in [-0.2, 0) is 6.54 Å². The summed E-state index contributed by atoms with van der Waals surface area (Å²) in [6, 6.07) is 17.2. The molecule has 0 aliphatic carbocycles. The molecule has 3 heterocycles. The summed E-state index contributed by atoms with van der Waals surface area (Å²) in [7, 11) is 0. The number of imidazole rings is 1. The molecule has 4 rings (SSSR count). The van der Waals surface area contributed by atoms with Crippen molar-refractivity contribution in [3.63, 3.8) is 0 Å². The molecule has 0 bridgehead atoms. The largest absolute Gasteiger partial charge is 0.489 e. The van der Waals surface area contributed by atoms with Crippen molar-refractivity contribution < 1.29 is 4.74 Å². The van der Waals surface area contributed by atoms with E-state index in [0.717, 1.165) is 34.0 Å². The highest BCUT2D eigenvalue weighted by Crippen LogP contribution is 2.24. The Morgan fingerprint density at radius 1 is 0.964 bits per heavy atom. The van der Waals surface area contributed by atoms with Gasteiger partial charge in [0.25, 0.3) is 0 Å². The van der Waals surface area contributed by atoms with Crippen molar-refractivity contribution in [1.82, 2.24) is 19.5 Å². The number of benzene rings is 1. The smallest absolute Gasteiger partial charge is 0.160 e. The third kappa shape index (κ3) is 3.59. The Balaban J connectivity index is 1.67. The topological polar surface area (TPSA) is 105 Å². The van der Waals surface area contributed by atoms with Gasteiger partial charge in [0.1, 0.15) is 34.8 Å². The van der Waals surface area contributed by atoms with Crippen LogP contribution in [0.5, 0.6) is 5.75 Å². The second-order valence-corrected chi connectivity index (χ2v) is 6.76. The van der Waals surface area contributed by atoms with Crippen LogP contribution in [0.3, 0.4) is 0 Å². The van der Waals surface area contributed by atoms with E-state index < -0.39 is 0 Å². The summed E-state index contributed by atoms with van der Waals surface area (Å²) in [6.07, 6.45) is -0.0452. The third-order valence-corrected chi connectivity index (χ3v) is 4.46. The van der Waals surface area contributed by atoms with Crippen molar-refractivity contribution in [2.24, 2.45) is 0 Å². The van der Waals surface area contributed by atoms with Crippen LogP contribution in [0.15, 0.2) is 54.6 Å². The zero-order valence-corrected chi connectivity index (χ0v) is 15.8. The summed E-state index contributed by atoms with van der Waals surface area (Å²) in [6.45, 7) is 4.64. The average Bonchev–Trinajstić information content (AvgIpc) is 2.96. The van der Waals surface area contributed by atoms with Crippen LogP contribution in [0.2, 0.25) is 0 Å². The van der Waals surface area contributed by atoms with Gasteiger partial charge in [0.15, 0.2) is 5.65 Å². The number of para-hydroxylation sites is 1. The number of nitrogen functional groups attached to an aromatic ring is 2. The van der Waals surface area contributed by atoms with Gasteiger partial charge in [-0.25, -0.2) is 15.0 Å². The molecule has 0 saturated heterocycles. The SMILES string of the molecule is Cc1nc2ccc(-c3cc(N)nc(N)c3)nc2n1CC(C)Oc1ccccc1. The van der Waals surface area contributed by atoms with E-state index in [4.69, 9.17) is 21.2 Å². The van der Waals surface area contributed by atoms with Crippen LogP contribution in [0.25, 0.3) is 22.4 Å². The van der Waals surface area contributed by atoms with Crippen molar-refractivity contribution in [2.75, 3.05) is 11.5 Å². The summed E-state index contributed by atoms with van der Waals surface area (Å²) in [4.78, 5) is 13.5. The normalized spacial score (nSPS) is 12.2. The molecule has 4 aromatic rings. The maximum absolute atomic E-state index is 6.02. The van der Waals surface area contributed by atoms with Crippen molar-refractivity contribution in [3.05, 3.63) is 60.4 Å². The maximum atomic E-state index is 6.02. The summed E-state index contributed by atoms with van der Waals surface area (Å²) in [5, 5.41) is 0. The number of hydrogen-bond acceptors (Lipinski definition) is 6. The maximum Gasteiger partial charge on any atom is 0.160 e. The van der Waals surface area contributed by atoms with Gasteiger partial charge in [-0.2, -0.15) is 0 Å². The zero-order valence-electron chi connectivity index (χ0n) is 15.8. The molecule has 7 nitrogen and oxygen atoms in total. The molecular weight excluding hydrogens is 352 g/mol. The van der Waals surface area contributed by atoms with Gasteiger partial charge in [-0.05, 0) is 50.2 Å². The minimum Gasteiger partial charge on any atom is -0.489 e. The first-order valence-electron chi connectivity index (χ1n) is 9.08. The van der Waals surface area contributed by atoms with Gasteiger partial charge in [-0.15, -0.1) is 0 Å². The second kappa shape index (κ2) is 7.19. The van der Waals surface area contributed by atoms with Crippen molar-refractivity contribution >= 4 is 22.8 Å². The molecule has 4 N–H and O–H groups in total. The molecule has 1 unspecified atom stereocenters. The van der Waals surface area contributed by atoms with Crippen LogP contribution in [-0.4, -0.2) is 25.6 Å². The number of nitrogens with zero attached hydrogens (tertiary/aromatic N) is 4. The first-order valence-corrected chi connectivity index (χ1v) is 9.08. The van der Waals surface area contributed by atoms with Crippen LogP contribution in [0, 0.1) is 6.92 Å². The number of rotatable bonds is 5. The van der Waals surface area contributed by atoms with Crippen LogP contribution in [0.1, 0.15) is 12.7 Å². The number of aromatic nitrogens is 4. The lowest BCUT2D eigenvalue weighted by Gasteiger charge is -2.16. The predicted molar refractivity (Wildman–Crippen MR) is 111 cm³/mol. The summed E-state index contributed by atoms with van der Waals surface area (Å²) < 4.78 is 8.09. The number of pyridine rings is 2. The monoisotopic (exact) mass is 374 g/mol. The summed E-state index contributed by atoms with van der Waals surface area (Å²) in [5.74, 6) is 2.46. The first-order chi connectivity index (χ1) is 13.5. The van der Waals surface area contributed by atoms with E-state index in [1.807, 2.05) is 56.3 Å². The molecule has 0 fully saturated rings. The van der Waals surface area contributed by atoms with Gasteiger partial charge >= 0.3 is 0 Å². The third-order valence-electron chi connectivity index (χ3n) is 4.46. The number of anilines is 2. The summed E-state index contributed by atoms with van der Waals surface area (Å²) >= 11 is 0. The highest BCUT2D eigenvalue weighted by atomic mass is 16.5. The lowest BCUT2D eigenvalue weighted by Crippen LogP contribution is -2.20. The highest BCUT2D eigenvalue weighted by molar-refractivity contribution is 5.77. The van der Waals surface area contributed by atoms with E-state index in [1.165, 1.54) is 0 Å². The fourth-order valence-corrected chi connectivity index (χ4v) is 3.24. The minimum absolute atomic E-state index is 0.0452. The van der Waals surface area contributed by atoms with Crippen LogP contribution < -0.4 is 16.2 Å². The predicted octanol–water partition coefficient (Wildman–Crippen LogP) is 3.43. The zero-order chi connectivity index (χ0) is 19.7. The Bertz CT molecular complexity index is 1100. The van der Waals surface area contributed by atoms with Gasteiger partial charge in [0.2, 0.25) is 0 Å². The van der Waals surface area contributed by atoms with Gasteiger partial charge in [0.05, 0.1) is 12.2 Å². The number of aryl methyl sites for hydroxylation is 1. The van der Waals surface area contributed by atoms with E-state index >= 15 is 0 Å². The number of nitrogens with two attached hydrogens (primary N) is 2. The number of ether oxygens (including phenoxy) is 1. The number of fused-ring (bicyclic) bond motifs is 1. The van der Waals surface area contributed by atoms with Gasteiger partial charge < -0.3 is 20.8 Å². The molecular formula is C21H22N6O. The molecule has 142 valence electrons. The molecule has 0 amide bonds. The molecule has 3 aromatic heterocycles. The van der Waals surface area contributed by atoms with Crippen molar-refractivity contribution in [3.8, 4) is 17.0 Å². The standard InChI is InChI=1S/C21H22N6O/c1-13(28-16-6-4-3-5-7-16)12-27-14(2)24-18-9-8-17(25-21(18)27)15-10-19(22)26-20(23)11-15/h3-11,13H,12H2,1-2H3,(H4,22,23,26). The molecule has 28 heavy (non-hydrogen) atoms. The van der Waals surface area contributed by atoms with Gasteiger partial charge in [0, 0.05) is 5.56 Å². The Morgan fingerprint density at radius 3 is 2.39 bits per heavy atom. The van der Waals surface area contributed by atoms with Crippen LogP contribution >= 0.6 is 0 Å². The van der Waals surface area contributed by atoms with E-state index in [2.05, 4.69) is 14.5 Å². The lowest BCUT2D eigenvalue weighted by molar-refractivity contribution is 0.200. The van der Waals surface area contributed by atoms with Gasteiger partial charge in [-0.3, -0.25) is 0 Å². The number of hydrogen-bond donors (Lipinski definition) is 2. The van der Waals surface area contributed by atoms with E-state index in [1.54, 1.807) is 12.1 Å². The van der Waals surface area contributed by atoms with Crippen molar-refractivity contribution in [1.29, 1.82) is 0 Å². The Hall–Kier alpha value is -3.61. The highest BCUT2D eigenvalue weighted by Gasteiger charge is 2.14. The fraction of sp³-hybridized carbons (Fsp3) is 0.190. The fourth-order valence-electron chi connectivity index (χ4n) is 3.24. The van der Waals surface area contributed by atoms with E-state index in [9.17, 15) is 0 Å². The Morgan fingerprint density at radius 2 is 1.68 bits per heavy atom. The van der Waals surface area contributed by atoms with E-state index in [-0.39, 0.29) is 6.10 Å². The minimum atomic E-state index is -0.0452. The molecule has 7 heteroatoms. The molecule has 0 aliphatic rings. The summed E-state index contributed by atoms with van der Waals surface area (Å²) in [5.41, 5.74) is 14.9. The molecule has 0 spiro atoms. The van der Waals surface area contributed by atoms with Gasteiger partial charge in [-0.1, -0.05) is 18.2 Å². The van der Waals surface area contributed by atoms with Crippen LogP contribution in [0.4, 0.5) is 11.6 Å². The molecule has 0 radical (unpaired) electrons. The molecule has 1 atom stereocenters. The Labute approximate surface area is 163 Å². The lowest BCUT2D eigenvalue weighted by atomic mass is 10.1.